The van der Waals surface area contributed by atoms with E-state index >= 15 is 0 Å². The highest BCUT2D eigenvalue weighted by Crippen LogP contribution is 2.45. The Morgan fingerprint density at radius 3 is 2.53 bits per heavy atom. The molecule has 1 atom stereocenters. The van der Waals surface area contributed by atoms with Crippen LogP contribution in [-0.2, 0) is 9.59 Å². The minimum absolute atomic E-state index is 0.0713. The number of benzene rings is 2. The van der Waals surface area contributed by atoms with E-state index in [9.17, 15) is 9.59 Å². The van der Waals surface area contributed by atoms with E-state index in [1.807, 2.05) is 80.5 Å². The number of rotatable bonds is 6. The van der Waals surface area contributed by atoms with Gasteiger partial charge in [-0.15, -0.1) is 0 Å². The number of aryl methyl sites for hydroxylation is 2. The topological polar surface area (TPSA) is 73.8 Å². The van der Waals surface area contributed by atoms with Gasteiger partial charge in [0, 0.05) is 23.0 Å². The van der Waals surface area contributed by atoms with E-state index in [1.54, 1.807) is 0 Å². The number of amides is 2. The summed E-state index contributed by atoms with van der Waals surface area (Å²) in [5, 5.41) is 9.24. The molecule has 6 nitrogen and oxygen atoms in total. The van der Waals surface area contributed by atoms with Crippen molar-refractivity contribution in [2.45, 2.75) is 40.2 Å². The zero-order valence-electron chi connectivity index (χ0n) is 19.6. The number of hydrogen-bond donors (Lipinski definition) is 2. The van der Waals surface area contributed by atoms with Gasteiger partial charge in [0.2, 0.25) is 5.91 Å². The van der Waals surface area contributed by atoms with Gasteiger partial charge in [-0.25, -0.2) is 4.99 Å². The normalized spacial score (nSPS) is 17.2. The molecule has 2 heterocycles. The molecule has 0 fully saturated rings. The summed E-state index contributed by atoms with van der Waals surface area (Å²) in [6.07, 6.45) is 0.203. The second-order valence-electron chi connectivity index (χ2n) is 8.35. The van der Waals surface area contributed by atoms with E-state index in [1.165, 1.54) is 11.8 Å². The third-order valence-electron chi connectivity index (χ3n) is 5.78. The van der Waals surface area contributed by atoms with Gasteiger partial charge in [0.05, 0.1) is 23.7 Å². The summed E-state index contributed by atoms with van der Waals surface area (Å²) < 4.78 is 0. The molecule has 2 amide bonds. The zero-order valence-corrected chi connectivity index (χ0v) is 21.2. The molecule has 0 aliphatic carbocycles. The maximum atomic E-state index is 13.7. The number of anilines is 1. The largest absolute Gasteiger partial charge is 0.356 e. The molecule has 0 radical (unpaired) electrons. The van der Waals surface area contributed by atoms with Crippen LogP contribution in [0.15, 0.2) is 69.8 Å². The predicted molar refractivity (Wildman–Crippen MR) is 140 cm³/mol. The molecule has 2 N–H and O–H groups in total. The first-order valence-corrected chi connectivity index (χ1v) is 12.4. The number of nitrogens with one attached hydrogen (secondary N) is 2. The van der Waals surface area contributed by atoms with E-state index in [-0.39, 0.29) is 18.2 Å². The number of fused-ring (bicyclic) bond motifs is 1. The van der Waals surface area contributed by atoms with Crippen LogP contribution in [0.25, 0.3) is 0 Å². The van der Waals surface area contributed by atoms with Crippen LogP contribution in [0.5, 0.6) is 0 Å². The van der Waals surface area contributed by atoms with E-state index in [4.69, 9.17) is 16.6 Å². The van der Waals surface area contributed by atoms with Gasteiger partial charge in [-0.3, -0.25) is 9.59 Å². The molecule has 8 heteroatoms. The number of aliphatic imine (C=N–C) groups is 1. The number of thioether (sulfide) groups is 1. The minimum atomic E-state index is -0.439. The van der Waals surface area contributed by atoms with Crippen LogP contribution in [-0.4, -0.2) is 28.4 Å². The Bertz CT molecular complexity index is 1230. The Balaban J connectivity index is 1.75. The first-order valence-electron chi connectivity index (χ1n) is 11.1. The van der Waals surface area contributed by atoms with Gasteiger partial charge in [0.1, 0.15) is 0 Å². The van der Waals surface area contributed by atoms with Crippen molar-refractivity contribution >= 4 is 46.0 Å². The highest BCUT2D eigenvalue weighted by atomic mass is 35.5. The third-order valence-corrected chi connectivity index (χ3v) is 6.92. The van der Waals surface area contributed by atoms with E-state index < -0.39 is 6.04 Å². The second-order valence-corrected chi connectivity index (χ2v) is 9.62. The average molecular weight is 495 g/mol. The second kappa shape index (κ2) is 10.1. The number of halogens is 1. The quantitative estimate of drug-likeness (QED) is 0.540. The summed E-state index contributed by atoms with van der Waals surface area (Å²) in [7, 11) is 0. The molecule has 4 rings (SSSR count). The lowest BCUT2D eigenvalue weighted by molar-refractivity contribution is -0.120. The van der Waals surface area contributed by atoms with Crippen molar-refractivity contribution < 1.29 is 9.59 Å². The lowest BCUT2D eigenvalue weighted by atomic mass is 9.93. The van der Waals surface area contributed by atoms with Gasteiger partial charge in [-0.2, -0.15) is 0 Å². The van der Waals surface area contributed by atoms with Crippen molar-refractivity contribution in [2.75, 3.05) is 11.9 Å². The minimum Gasteiger partial charge on any atom is -0.356 e. The third kappa shape index (κ3) is 4.91. The number of carbonyl (C=O) groups excluding carboxylic acids is 2. The van der Waals surface area contributed by atoms with Gasteiger partial charge in [0.15, 0.2) is 5.17 Å². The molecule has 0 saturated heterocycles. The Kier molecular flexibility index (Phi) is 7.14. The highest BCUT2D eigenvalue weighted by Gasteiger charge is 2.40. The standard InChI is InChI=1S/C26H27ClN4O2S/c1-5-28-22(32)13-20-14-34-26-29-17(4)23(24(31(20)26)18-7-9-19(27)10-8-18)25(33)30-21-11-6-15(2)12-16(21)3/h6-12,14,24H,5,13H2,1-4H3,(H,28,32)(H,30,33)/t24-/m0/s1. The SMILES string of the molecule is CCNC(=O)CC1=CSC2=NC(C)=C(C(=O)Nc3ccc(C)cc3C)[C@H](c3ccc(Cl)cc3)N12. The van der Waals surface area contributed by atoms with Gasteiger partial charge in [-0.1, -0.05) is 53.2 Å². The van der Waals surface area contributed by atoms with Crippen molar-refractivity contribution in [3.8, 4) is 0 Å². The Morgan fingerprint density at radius 1 is 1.12 bits per heavy atom. The number of nitrogens with zero attached hydrogens (tertiary/aromatic N) is 2. The summed E-state index contributed by atoms with van der Waals surface area (Å²) in [4.78, 5) is 32.8. The van der Waals surface area contributed by atoms with Crippen LogP contribution in [0.3, 0.4) is 0 Å². The first-order chi connectivity index (χ1) is 16.3. The fourth-order valence-electron chi connectivity index (χ4n) is 4.19. The van der Waals surface area contributed by atoms with E-state index in [2.05, 4.69) is 10.6 Å². The van der Waals surface area contributed by atoms with Crippen LogP contribution in [0, 0.1) is 13.8 Å². The van der Waals surface area contributed by atoms with Gasteiger partial charge in [0.25, 0.3) is 5.91 Å². The van der Waals surface area contributed by atoms with Crippen LogP contribution in [0.1, 0.15) is 43.0 Å². The predicted octanol–water partition coefficient (Wildman–Crippen LogP) is 5.70. The summed E-state index contributed by atoms with van der Waals surface area (Å²) in [6, 6.07) is 12.9. The fourth-order valence-corrected chi connectivity index (χ4v) is 5.28. The fraction of sp³-hybridized carbons (Fsp3) is 0.269. The van der Waals surface area contributed by atoms with E-state index in [0.29, 0.717) is 22.8 Å². The van der Waals surface area contributed by atoms with Crippen molar-refractivity contribution in [3.63, 3.8) is 0 Å². The summed E-state index contributed by atoms with van der Waals surface area (Å²) in [5.74, 6) is -0.292. The molecule has 0 unspecified atom stereocenters. The molecule has 34 heavy (non-hydrogen) atoms. The zero-order chi connectivity index (χ0) is 24.4. The molecule has 176 valence electrons. The molecular weight excluding hydrogens is 468 g/mol. The maximum Gasteiger partial charge on any atom is 0.255 e. The maximum absolute atomic E-state index is 13.7. The van der Waals surface area contributed by atoms with Crippen molar-refractivity contribution in [3.05, 3.63) is 86.6 Å². The summed E-state index contributed by atoms with van der Waals surface area (Å²) >= 11 is 7.63. The molecule has 0 saturated carbocycles. The lowest BCUT2D eigenvalue weighted by Gasteiger charge is -2.36. The average Bonchev–Trinajstić information content (AvgIpc) is 3.17. The number of amidine groups is 1. The highest BCUT2D eigenvalue weighted by molar-refractivity contribution is 8.16. The Morgan fingerprint density at radius 2 is 1.85 bits per heavy atom. The van der Waals surface area contributed by atoms with Crippen molar-refractivity contribution in [2.24, 2.45) is 4.99 Å². The molecule has 2 aromatic rings. The van der Waals surface area contributed by atoms with Gasteiger partial charge in [-0.05, 0) is 62.4 Å². The van der Waals surface area contributed by atoms with E-state index in [0.717, 1.165) is 33.2 Å². The Hall–Kier alpha value is -3.03. The first kappa shape index (κ1) is 24.1. The number of carbonyl (C=O) groups is 2. The summed E-state index contributed by atoms with van der Waals surface area (Å²) in [6.45, 7) is 8.30. The van der Waals surface area contributed by atoms with Crippen molar-refractivity contribution in [1.82, 2.24) is 10.2 Å². The molecule has 2 aromatic carbocycles. The lowest BCUT2D eigenvalue weighted by Crippen LogP contribution is -2.38. The number of allylic oxidation sites excluding steroid dienone is 1. The van der Waals surface area contributed by atoms with Crippen LogP contribution in [0.4, 0.5) is 5.69 Å². The molecule has 0 aromatic heterocycles. The van der Waals surface area contributed by atoms with Crippen LogP contribution < -0.4 is 10.6 Å². The van der Waals surface area contributed by atoms with Gasteiger partial charge >= 0.3 is 0 Å². The molecule has 0 bridgehead atoms. The molecule has 2 aliphatic heterocycles. The molecular formula is C26H27ClN4O2S. The molecule has 2 aliphatic rings. The van der Waals surface area contributed by atoms with Crippen LogP contribution >= 0.6 is 23.4 Å². The van der Waals surface area contributed by atoms with Crippen molar-refractivity contribution in [1.29, 1.82) is 0 Å². The molecule has 0 spiro atoms. The van der Waals surface area contributed by atoms with Gasteiger partial charge < -0.3 is 15.5 Å². The smallest absolute Gasteiger partial charge is 0.255 e. The van der Waals surface area contributed by atoms with Crippen LogP contribution in [0.2, 0.25) is 5.02 Å². The summed E-state index contributed by atoms with van der Waals surface area (Å²) in [5.41, 5.74) is 5.76. The number of hydrogen-bond acceptors (Lipinski definition) is 5. The monoisotopic (exact) mass is 494 g/mol. The Labute approximate surface area is 209 Å².